The molecule has 1 aromatic rings. The van der Waals surface area contributed by atoms with Gasteiger partial charge < -0.3 is 10.1 Å². The predicted octanol–water partition coefficient (Wildman–Crippen LogP) is 2.45. The van der Waals surface area contributed by atoms with Crippen LogP contribution in [0.1, 0.15) is 31.9 Å². The third-order valence-corrected chi connectivity index (χ3v) is 3.78. The number of hydrogen-bond donors (Lipinski definition) is 1. The van der Waals surface area contributed by atoms with Crippen molar-refractivity contribution in [3.05, 3.63) is 35.9 Å². The maximum absolute atomic E-state index is 5.78. The lowest BCUT2D eigenvalue weighted by Gasteiger charge is -2.36. The number of morpholine rings is 1. The summed E-state index contributed by atoms with van der Waals surface area (Å²) in [6.07, 6.45) is 1.85. The van der Waals surface area contributed by atoms with Gasteiger partial charge in [-0.25, -0.2) is 0 Å². The molecule has 1 saturated heterocycles. The first-order valence-electron chi connectivity index (χ1n) is 7.29. The highest BCUT2D eigenvalue weighted by Crippen LogP contribution is 2.18. The van der Waals surface area contributed by atoms with Crippen LogP contribution < -0.4 is 5.32 Å². The number of nitrogens with one attached hydrogen (secondary N) is 1. The van der Waals surface area contributed by atoms with E-state index in [1.165, 1.54) is 5.56 Å². The van der Waals surface area contributed by atoms with Gasteiger partial charge in [0, 0.05) is 25.7 Å². The number of hydrogen-bond acceptors (Lipinski definition) is 3. The van der Waals surface area contributed by atoms with Crippen molar-refractivity contribution in [2.45, 2.75) is 38.5 Å². The van der Waals surface area contributed by atoms with Crippen molar-refractivity contribution >= 4 is 0 Å². The van der Waals surface area contributed by atoms with Crippen LogP contribution >= 0.6 is 0 Å². The fourth-order valence-corrected chi connectivity index (χ4v) is 2.94. The van der Waals surface area contributed by atoms with Crippen LogP contribution in [0.4, 0.5) is 0 Å². The molecule has 1 aliphatic heterocycles. The highest BCUT2D eigenvalue weighted by molar-refractivity contribution is 5.18. The molecule has 0 amide bonds. The second-order valence-electron chi connectivity index (χ2n) is 5.56. The van der Waals surface area contributed by atoms with Gasteiger partial charge in [0.05, 0.1) is 12.2 Å². The molecule has 0 spiro atoms. The molecule has 19 heavy (non-hydrogen) atoms. The van der Waals surface area contributed by atoms with Crippen molar-refractivity contribution in [1.82, 2.24) is 10.2 Å². The summed E-state index contributed by atoms with van der Waals surface area (Å²) in [4.78, 5) is 2.52. The fourth-order valence-electron chi connectivity index (χ4n) is 2.94. The molecule has 0 radical (unpaired) electrons. The van der Waals surface area contributed by atoms with Crippen LogP contribution in [-0.2, 0) is 4.74 Å². The normalized spacial score (nSPS) is 26.3. The third kappa shape index (κ3) is 4.30. The van der Waals surface area contributed by atoms with E-state index in [2.05, 4.69) is 54.4 Å². The van der Waals surface area contributed by atoms with Crippen LogP contribution in [0, 0.1) is 0 Å². The van der Waals surface area contributed by atoms with Gasteiger partial charge in [0.25, 0.3) is 0 Å². The molecule has 3 atom stereocenters. The van der Waals surface area contributed by atoms with Gasteiger partial charge in [0.15, 0.2) is 0 Å². The molecule has 1 aliphatic rings. The van der Waals surface area contributed by atoms with E-state index in [1.54, 1.807) is 0 Å². The third-order valence-electron chi connectivity index (χ3n) is 3.78. The van der Waals surface area contributed by atoms with Crippen molar-refractivity contribution in [1.29, 1.82) is 0 Å². The van der Waals surface area contributed by atoms with Crippen molar-refractivity contribution in [2.75, 3.05) is 26.7 Å². The van der Waals surface area contributed by atoms with Gasteiger partial charge in [0.2, 0.25) is 0 Å². The zero-order valence-electron chi connectivity index (χ0n) is 12.3. The molecule has 1 fully saturated rings. The Labute approximate surface area is 116 Å². The summed E-state index contributed by atoms with van der Waals surface area (Å²) in [5.74, 6) is 0. The predicted molar refractivity (Wildman–Crippen MR) is 79.3 cm³/mol. The number of benzene rings is 1. The molecule has 2 rings (SSSR count). The Kier molecular flexibility index (Phi) is 5.37. The van der Waals surface area contributed by atoms with E-state index in [0.29, 0.717) is 18.2 Å². The average molecular weight is 262 g/mol. The Bertz CT molecular complexity index is 358. The van der Waals surface area contributed by atoms with Crippen LogP contribution in [0.15, 0.2) is 30.3 Å². The van der Waals surface area contributed by atoms with Gasteiger partial charge >= 0.3 is 0 Å². The van der Waals surface area contributed by atoms with Crippen molar-refractivity contribution in [3.8, 4) is 0 Å². The highest BCUT2D eigenvalue weighted by Gasteiger charge is 2.22. The smallest absolute Gasteiger partial charge is 0.0678 e. The molecule has 106 valence electrons. The second-order valence-corrected chi connectivity index (χ2v) is 5.56. The Morgan fingerprint density at radius 3 is 2.42 bits per heavy atom. The van der Waals surface area contributed by atoms with Crippen molar-refractivity contribution in [3.63, 3.8) is 0 Å². The molecule has 1 N–H and O–H groups in total. The lowest BCUT2D eigenvalue weighted by Crippen LogP contribution is -2.46. The first-order chi connectivity index (χ1) is 9.19. The summed E-state index contributed by atoms with van der Waals surface area (Å²) in [5.41, 5.74) is 1.37. The van der Waals surface area contributed by atoms with E-state index >= 15 is 0 Å². The van der Waals surface area contributed by atoms with Gasteiger partial charge in [-0.1, -0.05) is 30.3 Å². The average Bonchev–Trinajstić information content (AvgIpc) is 2.39. The molecule has 3 heteroatoms. The Hall–Kier alpha value is -0.900. The van der Waals surface area contributed by atoms with Crippen LogP contribution in [0.3, 0.4) is 0 Å². The van der Waals surface area contributed by atoms with E-state index in [-0.39, 0.29) is 0 Å². The van der Waals surface area contributed by atoms with Gasteiger partial charge in [-0.2, -0.15) is 0 Å². The van der Waals surface area contributed by atoms with E-state index in [4.69, 9.17) is 4.74 Å². The number of ether oxygens (including phenoxy) is 1. The zero-order valence-corrected chi connectivity index (χ0v) is 12.3. The molecular formula is C16H26N2O. The SMILES string of the molecule is CNC(CCN1CC(C)OC(C)C1)c1ccccc1. The minimum Gasteiger partial charge on any atom is -0.373 e. The largest absolute Gasteiger partial charge is 0.373 e. The summed E-state index contributed by atoms with van der Waals surface area (Å²) in [6, 6.07) is 11.1. The topological polar surface area (TPSA) is 24.5 Å². The first kappa shape index (κ1) is 14.5. The summed E-state index contributed by atoms with van der Waals surface area (Å²) in [6.45, 7) is 7.55. The summed E-state index contributed by atoms with van der Waals surface area (Å²) < 4.78 is 5.78. The molecular weight excluding hydrogens is 236 g/mol. The monoisotopic (exact) mass is 262 g/mol. The van der Waals surface area contributed by atoms with E-state index < -0.39 is 0 Å². The maximum Gasteiger partial charge on any atom is 0.0678 e. The molecule has 1 aromatic carbocycles. The molecule has 0 aromatic heterocycles. The molecule has 3 unspecified atom stereocenters. The Morgan fingerprint density at radius 2 is 1.84 bits per heavy atom. The summed E-state index contributed by atoms with van der Waals surface area (Å²) >= 11 is 0. The van der Waals surface area contributed by atoms with Gasteiger partial charge in [-0.3, -0.25) is 4.90 Å². The zero-order chi connectivity index (χ0) is 13.7. The van der Waals surface area contributed by atoms with Gasteiger partial charge in [-0.15, -0.1) is 0 Å². The van der Waals surface area contributed by atoms with Crippen molar-refractivity contribution in [2.24, 2.45) is 0 Å². The Balaban J connectivity index is 1.86. The highest BCUT2D eigenvalue weighted by atomic mass is 16.5. The minimum absolute atomic E-state index is 0.355. The van der Waals surface area contributed by atoms with Crippen molar-refractivity contribution < 1.29 is 4.74 Å². The maximum atomic E-state index is 5.78. The molecule has 0 saturated carbocycles. The lowest BCUT2D eigenvalue weighted by atomic mass is 10.0. The lowest BCUT2D eigenvalue weighted by molar-refractivity contribution is -0.0685. The number of rotatable bonds is 5. The quantitative estimate of drug-likeness (QED) is 0.882. The molecule has 3 nitrogen and oxygen atoms in total. The fraction of sp³-hybridized carbons (Fsp3) is 0.625. The van der Waals surface area contributed by atoms with E-state index in [9.17, 15) is 0 Å². The second kappa shape index (κ2) is 7.04. The van der Waals surface area contributed by atoms with Crippen LogP contribution in [0.25, 0.3) is 0 Å². The Morgan fingerprint density at radius 1 is 1.21 bits per heavy atom. The minimum atomic E-state index is 0.355. The van der Waals surface area contributed by atoms with Gasteiger partial charge in [-0.05, 0) is 32.9 Å². The van der Waals surface area contributed by atoms with Gasteiger partial charge in [0.1, 0.15) is 0 Å². The standard InChI is InChI=1S/C16H26N2O/c1-13-11-18(12-14(2)19-13)10-9-16(17-3)15-7-5-4-6-8-15/h4-8,13-14,16-17H,9-12H2,1-3H3. The molecule has 0 aliphatic carbocycles. The first-order valence-corrected chi connectivity index (χ1v) is 7.29. The molecule has 0 bridgehead atoms. The van der Waals surface area contributed by atoms with Crippen LogP contribution in [0.2, 0.25) is 0 Å². The van der Waals surface area contributed by atoms with E-state index in [0.717, 1.165) is 26.1 Å². The van der Waals surface area contributed by atoms with Crippen LogP contribution in [0.5, 0.6) is 0 Å². The summed E-state index contributed by atoms with van der Waals surface area (Å²) in [5, 5.41) is 3.42. The summed E-state index contributed by atoms with van der Waals surface area (Å²) in [7, 11) is 2.04. The number of nitrogens with zero attached hydrogens (tertiary/aromatic N) is 1. The molecule has 1 heterocycles. The van der Waals surface area contributed by atoms with Crippen LogP contribution in [-0.4, -0.2) is 43.8 Å². The van der Waals surface area contributed by atoms with E-state index in [1.807, 2.05) is 7.05 Å².